The number of hydrogen-bond acceptors (Lipinski definition) is 3. The van der Waals surface area contributed by atoms with E-state index in [0.29, 0.717) is 6.54 Å². The predicted molar refractivity (Wildman–Crippen MR) is 53.3 cm³/mol. The average Bonchev–Trinajstić information content (AvgIpc) is 2.13. The van der Waals surface area contributed by atoms with E-state index in [4.69, 9.17) is 0 Å². The summed E-state index contributed by atoms with van der Waals surface area (Å²) in [7, 11) is 0. The van der Waals surface area contributed by atoms with Gasteiger partial charge in [0, 0.05) is 13.1 Å². The van der Waals surface area contributed by atoms with Gasteiger partial charge in [-0.3, -0.25) is 5.21 Å². The van der Waals surface area contributed by atoms with Gasteiger partial charge in [-0.15, -0.1) is 0 Å². The molecule has 0 saturated heterocycles. The van der Waals surface area contributed by atoms with Crippen molar-refractivity contribution in [1.82, 2.24) is 9.96 Å². The van der Waals surface area contributed by atoms with Gasteiger partial charge in [-0.1, -0.05) is 6.08 Å². The van der Waals surface area contributed by atoms with Gasteiger partial charge in [0.2, 0.25) is 0 Å². The molecule has 74 valence electrons. The minimum atomic E-state index is 0.591. The van der Waals surface area contributed by atoms with Crippen molar-refractivity contribution < 1.29 is 5.21 Å². The first-order valence-corrected chi connectivity index (χ1v) is 4.78. The molecule has 1 heterocycles. The maximum Gasteiger partial charge on any atom is 0.129 e. The fourth-order valence-corrected chi connectivity index (χ4v) is 1.46. The van der Waals surface area contributed by atoms with Crippen LogP contribution in [0.4, 0.5) is 0 Å². The van der Waals surface area contributed by atoms with Gasteiger partial charge in [0.25, 0.3) is 0 Å². The summed E-state index contributed by atoms with van der Waals surface area (Å²) in [5, 5.41) is 10.9. The van der Waals surface area contributed by atoms with Gasteiger partial charge in [-0.25, -0.2) is 5.06 Å². The Labute approximate surface area is 79.9 Å². The molecule has 0 radical (unpaired) electrons. The second-order valence-corrected chi connectivity index (χ2v) is 3.21. The van der Waals surface area contributed by atoms with Gasteiger partial charge in [0.15, 0.2) is 0 Å². The highest BCUT2D eigenvalue weighted by molar-refractivity contribution is 5.24. The molecule has 0 amide bonds. The number of hydroxylamine groups is 2. The molecule has 0 bridgehead atoms. The lowest BCUT2D eigenvalue weighted by Crippen LogP contribution is -2.35. The summed E-state index contributed by atoms with van der Waals surface area (Å²) >= 11 is 0. The lowest BCUT2D eigenvalue weighted by Gasteiger charge is -2.32. The second-order valence-electron chi connectivity index (χ2n) is 3.21. The molecule has 0 spiro atoms. The van der Waals surface area contributed by atoms with Gasteiger partial charge in [-0.05, 0) is 32.4 Å². The fraction of sp³-hybridized carbons (Fsp3) is 0.600. The maximum atomic E-state index is 9.60. The van der Waals surface area contributed by atoms with Crippen LogP contribution < -0.4 is 0 Å². The van der Waals surface area contributed by atoms with Crippen molar-refractivity contribution in [3.05, 3.63) is 23.5 Å². The van der Waals surface area contributed by atoms with Crippen molar-refractivity contribution in [3.63, 3.8) is 0 Å². The Morgan fingerprint density at radius 1 is 1.46 bits per heavy atom. The SMILES string of the molecule is CCN(CC)C1=CC(C)=CCN1O. The summed E-state index contributed by atoms with van der Waals surface area (Å²) in [5.41, 5.74) is 1.22. The first kappa shape index (κ1) is 10.1. The Balaban J connectivity index is 2.80. The summed E-state index contributed by atoms with van der Waals surface area (Å²) in [5.74, 6) is 0.907. The lowest BCUT2D eigenvalue weighted by molar-refractivity contribution is -0.0721. The summed E-state index contributed by atoms with van der Waals surface area (Å²) in [6.45, 7) is 8.67. The summed E-state index contributed by atoms with van der Waals surface area (Å²) in [6, 6.07) is 0. The first-order chi connectivity index (χ1) is 6.19. The van der Waals surface area contributed by atoms with E-state index in [1.807, 2.05) is 12.2 Å². The standard InChI is InChI=1S/C10H18N2O/c1-4-11(5-2)10-8-9(3)6-7-12(10)13/h6,8,13H,4-5,7H2,1-3H3. The Hall–Kier alpha value is -0.960. The Bertz CT molecular complexity index is 229. The molecule has 0 aromatic heterocycles. The number of allylic oxidation sites excluding steroid dienone is 2. The van der Waals surface area contributed by atoms with Gasteiger partial charge < -0.3 is 4.90 Å². The minimum absolute atomic E-state index is 0.591. The number of rotatable bonds is 3. The Kier molecular flexibility index (Phi) is 3.37. The van der Waals surface area contributed by atoms with Gasteiger partial charge in [-0.2, -0.15) is 0 Å². The van der Waals surface area contributed by atoms with Crippen LogP contribution in [0, 0.1) is 0 Å². The van der Waals surface area contributed by atoms with Crippen molar-refractivity contribution in [2.75, 3.05) is 19.6 Å². The smallest absolute Gasteiger partial charge is 0.129 e. The molecule has 1 rings (SSSR count). The van der Waals surface area contributed by atoms with E-state index in [1.54, 1.807) is 0 Å². The predicted octanol–water partition coefficient (Wildman–Crippen LogP) is 1.82. The maximum absolute atomic E-state index is 9.60. The van der Waals surface area contributed by atoms with E-state index in [0.717, 1.165) is 18.9 Å². The van der Waals surface area contributed by atoms with Gasteiger partial charge in [0.1, 0.15) is 5.82 Å². The third-order valence-corrected chi connectivity index (χ3v) is 2.29. The second kappa shape index (κ2) is 4.33. The average molecular weight is 182 g/mol. The van der Waals surface area contributed by atoms with Crippen LogP contribution in [0.3, 0.4) is 0 Å². The molecule has 13 heavy (non-hydrogen) atoms. The van der Waals surface area contributed by atoms with Crippen LogP contribution in [0.5, 0.6) is 0 Å². The van der Waals surface area contributed by atoms with Crippen molar-refractivity contribution >= 4 is 0 Å². The minimum Gasteiger partial charge on any atom is -0.357 e. The monoisotopic (exact) mass is 182 g/mol. The Morgan fingerprint density at radius 3 is 2.62 bits per heavy atom. The summed E-state index contributed by atoms with van der Waals surface area (Å²) < 4.78 is 0. The molecule has 0 unspecified atom stereocenters. The van der Waals surface area contributed by atoms with Crippen LogP contribution in [0.1, 0.15) is 20.8 Å². The van der Waals surface area contributed by atoms with Crippen LogP contribution in [-0.4, -0.2) is 34.8 Å². The molecule has 0 saturated carbocycles. The Morgan fingerprint density at radius 2 is 2.08 bits per heavy atom. The third-order valence-electron chi connectivity index (χ3n) is 2.29. The van der Waals surface area contributed by atoms with Gasteiger partial charge in [0.05, 0.1) is 6.54 Å². The molecule has 1 aliphatic heterocycles. The van der Waals surface area contributed by atoms with Crippen LogP contribution in [-0.2, 0) is 0 Å². The zero-order chi connectivity index (χ0) is 9.84. The van der Waals surface area contributed by atoms with E-state index in [2.05, 4.69) is 25.7 Å². The zero-order valence-corrected chi connectivity index (χ0v) is 8.62. The number of nitrogens with zero attached hydrogens (tertiary/aromatic N) is 2. The van der Waals surface area contributed by atoms with Crippen LogP contribution in [0.2, 0.25) is 0 Å². The highest BCUT2D eigenvalue weighted by Gasteiger charge is 2.14. The van der Waals surface area contributed by atoms with Gasteiger partial charge >= 0.3 is 0 Å². The van der Waals surface area contributed by atoms with Crippen LogP contribution in [0.15, 0.2) is 23.5 Å². The highest BCUT2D eigenvalue weighted by Crippen LogP contribution is 2.15. The van der Waals surface area contributed by atoms with Crippen LogP contribution >= 0.6 is 0 Å². The molecule has 0 aliphatic carbocycles. The zero-order valence-electron chi connectivity index (χ0n) is 8.62. The molecule has 1 N–H and O–H groups in total. The highest BCUT2D eigenvalue weighted by atomic mass is 16.5. The topological polar surface area (TPSA) is 26.7 Å². The molecular formula is C10H18N2O. The molecule has 0 fully saturated rings. The molecule has 0 atom stereocenters. The normalized spacial score (nSPS) is 16.8. The summed E-state index contributed by atoms with van der Waals surface area (Å²) in [6.07, 6.45) is 4.02. The van der Waals surface area contributed by atoms with Crippen molar-refractivity contribution in [3.8, 4) is 0 Å². The van der Waals surface area contributed by atoms with E-state index < -0.39 is 0 Å². The van der Waals surface area contributed by atoms with E-state index in [1.165, 1.54) is 10.6 Å². The van der Waals surface area contributed by atoms with Crippen LogP contribution in [0.25, 0.3) is 0 Å². The number of hydrogen-bond donors (Lipinski definition) is 1. The molecular weight excluding hydrogens is 164 g/mol. The molecule has 3 nitrogen and oxygen atoms in total. The fourth-order valence-electron chi connectivity index (χ4n) is 1.46. The molecule has 3 heteroatoms. The quantitative estimate of drug-likeness (QED) is 0.721. The molecule has 0 aromatic carbocycles. The van der Waals surface area contributed by atoms with Crippen molar-refractivity contribution in [2.45, 2.75) is 20.8 Å². The van der Waals surface area contributed by atoms with E-state index in [9.17, 15) is 5.21 Å². The molecule has 0 aromatic rings. The van der Waals surface area contributed by atoms with Crippen molar-refractivity contribution in [2.24, 2.45) is 0 Å². The van der Waals surface area contributed by atoms with E-state index in [-0.39, 0.29) is 0 Å². The largest absolute Gasteiger partial charge is 0.357 e. The van der Waals surface area contributed by atoms with E-state index >= 15 is 0 Å². The van der Waals surface area contributed by atoms with Crippen molar-refractivity contribution in [1.29, 1.82) is 0 Å². The summed E-state index contributed by atoms with van der Waals surface area (Å²) in [4.78, 5) is 2.14. The molecule has 1 aliphatic rings. The third kappa shape index (κ3) is 2.25. The lowest BCUT2D eigenvalue weighted by atomic mass is 10.2. The first-order valence-electron chi connectivity index (χ1n) is 4.78.